The van der Waals surface area contributed by atoms with E-state index < -0.39 is 5.60 Å². The van der Waals surface area contributed by atoms with Crippen molar-refractivity contribution in [1.29, 1.82) is 0 Å². The van der Waals surface area contributed by atoms with Crippen LogP contribution in [-0.4, -0.2) is 17.9 Å². The average molecular weight is 355 g/mol. The van der Waals surface area contributed by atoms with E-state index in [0.29, 0.717) is 0 Å². The Morgan fingerprint density at radius 2 is 1.26 bits per heavy atom. The van der Waals surface area contributed by atoms with Crippen LogP contribution in [0.15, 0.2) is 96.0 Å². The summed E-state index contributed by atoms with van der Waals surface area (Å²) in [6.45, 7) is 2.04. The Morgan fingerprint density at radius 3 is 1.78 bits per heavy atom. The van der Waals surface area contributed by atoms with Crippen molar-refractivity contribution in [2.24, 2.45) is 10.9 Å². The molecule has 1 N–H and O–H groups in total. The second-order valence-corrected chi connectivity index (χ2v) is 7.36. The minimum Gasteiger partial charge on any atom is -0.384 e. The fourth-order valence-corrected chi connectivity index (χ4v) is 4.78. The zero-order valence-corrected chi connectivity index (χ0v) is 15.8. The number of hydrogen-bond acceptors (Lipinski definition) is 2. The zero-order valence-electron chi connectivity index (χ0n) is 15.8. The number of rotatable bonds is 4. The molecule has 2 nitrogen and oxygen atoms in total. The summed E-state index contributed by atoms with van der Waals surface area (Å²) in [7, 11) is 1.82. The second-order valence-electron chi connectivity index (χ2n) is 7.36. The lowest BCUT2D eigenvalue weighted by Crippen LogP contribution is -2.59. The summed E-state index contributed by atoms with van der Waals surface area (Å²) < 4.78 is 0. The van der Waals surface area contributed by atoms with Crippen LogP contribution < -0.4 is 0 Å². The zero-order chi connectivity index (χ0) is 18.9. The maximum Gasteiger partial charge on any atom is 0.106 e. The van der Waals surface area contributed by atoms with Gasteiger partial charge in [0.25, 0.3) is 0 Å². The van der Waals surface area contributed by atoms with Crippen LogP contribution in [0.2, 0.25) is 0 Å². The van der Waals surface area contributed by atoms with Gasteiger partial charge in [-0.15, -0.1) is 0 Å². The van der Waals surface area contributed by atoms with Gasteiger partial charge in [-0.2, -0.15) is 0 Å². The normalized spacial score (nSPS) is 27.8. The van der Waals surface area contributed by atoms with Crippen molar-refractivity contribution in [3.8, 4) is 0 Å². The highest BCUT2D eigenvalue weighted by molar-refractivity contribution is 5.89. The number of hydrogen-bond donors (Lipinski definition) is 1. The quantitative estimate of drug-likeness (QED) is 0.644. The van der Waals surface area contributed by atoms with Crippen LogP contribution in [0.1, 0.15) is 35.4 Å². The first kappa shape index (κ1) is 17.7. The highest BCUT2D eigenvalue weighted by Crippen LogP contribution is 2.65. The highest BCUT2D eigenvalue weighted by atomic mass is 16.3. The first-order valence-electron chi connectivity index (χ1n) is 9.49. The van der Waals surface area contributed by atoms with E-state index in [4.69, 9.17) is 0 Å². The lowest BCUT2D eigenvalue weighted by atomic mass is 9.46. The summed E-state index contributed by atoms with van der Waals surface area (Å²) >= 11 is 0. The highest BCUT2D eigenvalue weighted by Gasteiger charge is 2.63. The van der Waals surface area contributed by atoms with E-state index >= 15 is 0 Å². The molecule has 1 saturated carbocycles. The van der Waals surface area contributed by atoms with Crippen LogP contribution in [0.5, 0.6) is 0 Å². The Morgan fingerprint density at radius 1 is 0.778 bits per heavy atom. The van der Waals surface area contributed by atoms with E-state index in [2.05, 4.69) is 53.5 Å². The molecule has 0 aliphatic heterocycles. The predicted octanol–water partition coefficient (Wildman–Crippen LogP) is 5.16. The fraction of sp³-hybridized carbons (Fsp3) is 0.240. The van der Waals surface area contributed by atoms with Crippen LogP contribution >= 0.6 is 0 Å². The maximum absolute atomic E-state index is 12.1. The van der Waals surface area contributed by atoms with Crippen LogP contribution in [0.3, 0.4) is 0 Å². The number of nitrogens with zero attached hydrogens (tertiary/aromatic N) is 1. The van der Waals surface area contributed by atoms with Gasteiger partial charge in [0.15, 0.2) is 0 Å². The first-order chi connectivity index (χ1) is 13.2. The Bertz CT molecular complexity index is 920. The van der Waals surface area contributed by atoms with Crippen molar-refractivity contribution in [3.05, 3.63) is 108 Å². The smallest absolute Gasteiger partial charge is 0.106 e. The minimum atomic E-state index is -0.979. The molecule has 2 heteroatoms. The summed E-state index contributed by atoms with van der Waals surface area (Å²) in [5.74, 6) is 0.102. The molecule has 1 aliphatic rings. The standard InChI is InChI=1S/C25H25NO/c1-18(26-2)23-22(19-12-6-3-7-13-19)24(20-14-8-4-9-15-20)25(23,27)21-16-10-5-11-17-21/h3-17,22-24,27H,1-2H3/t22-,23+,24+,25+/m0/s1. The van der Waals surface area contributed by atoms with Crippen molar-refractivity contribution in [2.45, 2.75) is 24.4 Å². The molecule has 0 saturated heterocycles. The summed E-state index contributed by atoms with van der Waals surface area (Å²) in [6, 6.07) is 31.0. The van der Waals surface area contributed by atoms with Crippen LogP contribution in [0.25, 0.3) is 0 Å². The van der Waals surface area contributed by atoms with E-state index in [9.17, 15) is 5.11 Å². The van der Waals surface area contributed by atoms with Gasteiger partial charge in [0.2, 0.25) is 0 Å². The molecule has 0 aromatic heterocycles. The Labute approximate surface area is 161 Å². The van der Waals surface area contributed by atoms with E-state index in [1.54, 1.807) is 0 Å². The molecule has 27 heavy (non-hydrogen) atoms. The number of aliphatic hydroxyl groups is 1. The summed E-state index contributed by atoms with van der Waals surface area (Å²) in [5.41, 5.74) is 3.38. The maximum atomic E-state index is 12.1. The monoisotopic (exact) mass is 355 g/mol. The van der Waals surface area contributed by atoms with Gasteiger partial charge in [0.05, 0.1) is 0 Å². The van der Waals surface area contributed by atoms with Gasteiger partial charge in [-0.05, 0) is 23.6 Å². The first-order valence-corrected chi connectivity index (χ1v) is 9.49. The van der Waals surface area contributed by atoms with E-state index in [-0.39, 0.29) is 17.8 Å². The molecule has 0 spiro atoms. The van der Waals surface area contributed by atoms with Gasteiger partial charge >= 0.3 is 0 Å². The second kappa shape index (κ2) is 7.13. The van der Waals surface area contributed by atoms with Gasteiger partial charge < -0.3 is 5.11 Å². The summed E-state index contributed by atoms with van der Waals surface area (Å²) in [4.78, 5) is 4.49. The van der Waals surface area contributed by atoms with Crippen LogP contribution in [-0.2, 0) is 5.60 Å². The molecular weight excluding hydrogens is 330 g/mol. The largest absolute Gasteiger partial charge is 0.384 e. The van der Waals surface area contributed by atoms with Gasteiger partial charge in [-0.25, -0.2) is 0 Å². The van der Waals surface area contributed by atoms with Crippen LogP contribution in [0, 0.1) is 5.92 Å². The van der Waals surface area contributed by atoms with E-state index in [1.165, 1.54) is 5.56 Å². The van der Waals surface area contributed by atoms with Crippen molar-refractivity contribution in [3.63, 3.8) is 0 Å². The molecule has 0 heterocycles. The minimum absolute atomic E-state index is 0.0230. The number of aliphatic imine (C=N–C) groups is 1. The molecule has 4 atom stereocenters. The van der Waals surface area contributed by atoms with E-state index in [1.807, 2.05) is 56.4 Å². The Kier molecular flexibility index (Phi) is 4.67. The lowest BCUT2D eigenvalue weighted by Gasteiger charge is -2.59. The van der Waals surface area contributed by atoms with Crippen molar-refractivity contribution < 1.29 is 5.11 Å². The number of benzene rings is 3. The molecule has 3 aromatic rings. The third-order valence-corrected chi connectivity index (χ3v) is 6.05. The predicted molar refractivity (Wildman–Crippen MR) is 111 cm³/mol. The topological polar surface area (TPSA) is 32.6 Å². The lowest BCUT2D eigenvalue weighted by molar-refractivity contribution is -0.115. The third-order valence-electron chi connectivity index (χ3n) is 6.05. The molecule has 136 valence electrons. The average Bonchev–Trinajstić information content (AvgIpc) is 2.73. The SMILES string of the molecule is CN=C(C)[C@@H]1[C@H](c2ccccc2)[C@@H](c2ccccc2)[C@@]1(O)c1ccccc1. The molecule has 3 aromatic carbocycles. The molecule has 0 bridgehead atoms. The molecule has 1 aliphatic carbocycles. The molecule has 0 unspecified atom stereocenters. The van der Waals surface area contributed by atoms with Crippen LogP contribution in [0.4, 0.5) is 0 Å². The van der Waals surface area contributed by atoms with Gasteiger partial charge in [0.1, 0.15) is 5.60 Å². The van der Waals surface area contributed by atoms with Gasteiger partial charge in [0, 0.05) is 30.5 Å². The molecule has 1 fully saturated rings. The van der Waals surface area contributed by atoms with Crippen molar-refractivity contribution in [2.75, 3.05) is 7.05 Å². The molecule has 0 amide bonds. The molecule has 0 radical (unpaired) electrons. The van der Waals surface area contributed by atoms with Gasteiger partial charge in [-0.3, -0.25) is 4.99 Å². The van der Waals surface area contributed by atoms with Gasteiger partial charge in [-0.1, -0.05) is 91.0 Å². The molecular formula is C25H25NO. The Hall–Kier alpha value is -2.71. The summed E-state index contributed by atoms with van der Waals surface area (Å²) in [5, 5.41) is 12.1. The van der Waals surface area contributed by atoms with E-state index in [0.717, 1.165) is 16.8 Å². The van der Waals surface area contributed by atoms with Crippen molar-refractivity contribution in [1.82, 2.24) is 0 Å². The molecule has 4 rings (SSSR count). The third kappa shape index (κ3) is 2.81. The Balaban J connectivity index is 1.92. The van der Waals surface area contributed by atoms with Crippen molar-refractivity contribution >= 4 is 5.71 Å². The summed E-state index contributed by atoms with van der Waals surface area (Å²) in [6.07, 6.45) is 0. The fourth-order valence-electron chi connectivity index (χ4n) is 4.78.